The minimum absolute atomic E-state index is 0.0656. The summed E-state index contributed by atoms with van der Waals surface area (Å²) in [6, 6.07) is 0. The van der Waals surface area contributed by atoms with Gasteiger partial charge in [-0.2, -0.15) is 0 Å². The van der Waals surface area contributed by atoms with Crippen LogP contribution in [0.1, 0.15) is 80.1 Å². The van der Waals surface area contributed by atoms with Crippen LogP contribution in [0.3, 0.4) is 0 Å². The van der Waals surface area contributed by atoms with E-state index in [9.17, 15) is 4.79 Å². The van der Waals surface area contributed by atoms with Gasteiger partial charge in [-0.25, -0.2) is 0 Å². The van der Waals surface area contributed by atoms with E-state index in [4.69, 9.17) is 4.74 Å². The number of hydrogen-bond donors (Lipinski definition) is 0. The lowest BCUT2D eigenvalue weighted by Gasteiger charge is -2.26. The van der Waals surface area contributed by atoms with E-state index in [0.29, 0.717) is 6.42 Å². The van der Waals surface area contributed by atoms with Crippen LogP contribution in [0.5, 0.6) is 0 Å². The molecule has 0 saturated heterocycles. The Bertz CT molecular complexity index is 224. The standard InChI is InChI=1S/C15H30O2/c1-7-8-9-10-11-15(5,6)12-13(16)17-14(2,3)4/h7-12H2,1-6H3. The minimum atomic E-state index is -0.366. The largest absolute Gasteiger partial charge is 0.460 e. The number of hydrogen-bond acceptors (Lipinski definition) is 2. The number of carbonyl (C=O) groups is 1. The molecule has 0 aliphatic heterocycles. The lowest BCUT2D eigenvalue weighted by molar-refractivity contribution is -0.157. The van der Waals surface area contributed by atoms with Crippen molar-refractivity contribution in [2.24, 2.45) is 5.41 Å². The molecular weight excluding hydrogens is 212 g/mol. The highest BCUT2D eigenvalue weighted by atomic mass is 16.6. The van der Waals surface area contributed by atoms with Crippen LogP contribution in [0.4, 0.5) is 0 Å². The summed E-state index contributed by atoms with van der Waals surface area (Å²) in [4.78, 5) is 11.7. The van der Waals surface area contributed by atoms with Crippen LogP contribution in [0.15, 0.2) is 0 Å². The van der Waals surface area contributed by atoms with Crippen molar-refractivity contribution in [1.82, 2.24) is 0 Å². The van der Waals surface area contributed by atoms with Crippen molar-refractivity contribution in [3.8, 4) is 0 Å². The summed E-state index contributed by atoms with van der Waals surface area (Å²) in [5.74, 6) is -0.0713. The average molecular weight is 242 g/mol. The molecule has 0 heterocycles. The Hall–Kier alpha value is -0.530. The normalized spacial score (nSPS) is 12.6. The summed E-state index contributed by atoms with van der Waals surface area (Å²) in [7, 11) is 0. The van der Waals surface area contributed by atoms with Crippen LogP contribution in [-0.4, -0.2) is 11.6 Å². The van der Waals surface area contributed by atoms with E-state index < -0.39 is 0 Å². The zero-order chi connectivity index (χ0) is 13.5. The fraction of sp³-hybridized carbons (Fsp3) is 0.933. The molecule has 0 atom stereocenters. The first-order valence-electron chi connectivity index (χ1n) is 6.88. The van der Waals surface area contributed by atoms with E-state index in [1.54, 1.807) is 0 Å². The molecule has 17 heavy (non-hydrogen) atoms. The first kappa shape index (κ1) is 16.5. The molecule has 0 bridgehead atoms. The molecule has 2 nitrogen and oxygen atoms in total. The molecule has 0 aromatic heterocycles. The summed E-state index contributed by atoms with van der Waals surface area (Å²) in [5.41, 5.74) is -0.300. The van der Waals surface area contributed by atoms with Gasteiger partial charge in [0.1, 0.15) is 5.60 Å². The van der Waals surface area contributed by atoms with E-state index in [-0.39, 0.29) is 17.0 Å². The second-order valence-electron chi connectivity index (χ2n) is 6.74. The van der Waals surface area contributed by atoms with Crippen LogP contribution >= 0.6 is 0 Å². The molecular formula is C15H30O2. The van der Waals surface area contributed by atoms with E-state index in [1.807, 2.05) is 20.8 Å². The maximum atomic E-state index is 11.7. The van der Waals surface area contributed by atoms with Crippen molar-refractivity contribution in [2.75, 3.05) is 0 Å². The van der Waals surface area contributed by atoms with Gasteiger partial charge in [0, 0.05) is 0 Å². The van der Waals surface area contributed by atoms with Crippen molar-refractivity contribution in [3.05, 3.63) is 0 Å². The summed E-state index contributed by atoms with van der Waals surface area (Å²) in [6.07, 6.45) is 6.66. The third-order valence-electron chi connectivity index (χ3n) is 2.75. The molecule has 0 unspecified atom stereocenters. The number of unbranched alkanes of at least 4 members (excludes halogenated alkanes) is 3. The van der Waals surface area contributed by atoms with Crippen molar-refractivity contribution in [3.63, 3.8) is 0 Å². The van der Waals surface area contributed by atoms with Gasteiger partial charge in [0.05, 0.1) is 6.42 Å². The molecule has 0 rings (SSSR count). The third-order valence-corrected chi connectivity index (χ3v) is 2.75. The fourth-order valence-electron chi connectivity index (χ4n) is 1.89. The summed E-state index contributed by atoms with van der Waals surface area (Å²) < 4.78 is 5.36. The van der Waals surface area contributed by atoms with Crippen molar-refractivity contribution in [1.29, 1.82) is 0 Å². The predicted molar refractivity (Wildman–Crippen MR) is 73.0 cm³/mol. The Morgan fingerprint density at radius 2 is 1.59 bits per heavy atom. The molecule has 0 aliphatic carbocycles. The monoisotopic (exact) mass is 242 g/mol. The quantitative estimate of drug-likeness (QED) is 0.477. The Labute approximate surface area is 107 Å². The number of esters is 1. The Kier molecular flexibility index (Phi) is 6.81. The number of carbonyl (C=O) groups excluding carboxylic acids is 1. The van der Waals surface area contributed by atoms with E-state index in [2.05, 4.69) is 20.8 Å². The maximum absolute atomic E-state index is 11.7. The Balaban J connectivity index is 3.94. The topological polar surface area (TPSA) is 26.3 Å². The summed E-state index contributed by atoms with van der Waals surface area (Å²) in [5, 5.41) is 0. The molecule has 0 aliphatic rings. The average Bonchev–Trinajstić information content (AvgIpc) is 2.08. The van der Waals surface area contributed by atoms with Crippen LogP contribution in [0, 0.1) is 5.41 Å². The molecule has 0 radical (unpaired) electrons. The molecule has 102 valence electrons. The Morgan fingerprint density at radius 1 is 1.00 bits per heavy atom. The van der Waals surface area contributed by atoms with Crippen LogP contribution in [-0.2, 0) is 9.53 Å². The maximum Gasteiger partial charge on any atom is 0.306 e. The molecule has 0 spiro atoms. The molecule has 0 aromatic carbocycles. The zero-order valence-electron chi connectivity index (χ0n) is 12.6. The predicted octanol–water partition coefficient (Wildman–Crippen LogP) is 4.71. The van der Waals surface area contributed by atoms with Gasteiger partial charge >= 0.3 is 5.97 Å². The van der Waals surface area contributed by atoms with Gasteiger partial charge < -0.3 is 4.74 Å². The van der Waals surface area contributed by atoms with Gasteiger partial charge in [0.2, 0.25) is 0 Å². The first-order chi connectivity index (χ1) is 7.66. The van der Waals surface area contributed by atoms with Gasteiger partial charge in [-0.3, -0.25) is 4.79 Å². The summed E-state index contributed by atoms with van der Waals surface area (Å²) in [6.45, 7) is 12.3. The second kappa shape index (κ2) is 7.03. The van der Waals surface area contributed by atoms with E-state index in [1.165, 1.54) is 25.7 Å². The minimum Gasteiger partial charge on any atom is -0.460 e. The van der Waals surface area contributed by atoms with E-state index in [0.717, 1.165) is 6.42 Å². The molecule has 0 fully saturated rings. The van der Waals surface area contributed by atoms with Gasteiger partial charge in [-0.05, 0) is 32.6 Å². The molecule has 0 N–H and O–H groups in total. The number of rotatable bonds is 7. The van der Waals surface area contributed by atoms with Crippen LogP contribution in [0.2, 0.25) is 0 Å². The zero-order valence-corrected chi connectivity index (χ0v) is 12.6. The highest BCUT2D eigenvalue weighted by Crippen LogP contribution is 2.29. The molecule has 0 aromatic rings. The summed E-state index contributed by atoms with van der Waals surface area (Å²) >= 11 is 0. The first-order valence-corrected chi connectivity index (χ1v) is 6.88. The third kappa shape index (κ3) is 10.3. The molecule has 2 heteroatoms. The van der Waals surface area contributed by atoms with Crippen LogP contribution < -0.4 is 0 Å². The van der Waals surface area contributed by atoms with Gasteiger partial charge in [0.15, 0.2) is 0 Å². The Morgan fingerprint density at radius 3 is 2.06 bits per heavy atom. The molecule has 0 amide bonds. The van der Waals surface area contributed by atoms with Gasteiger partial charge in [-0.1, -0.05) is 46.5 Å². The second-order valence-corrected chi connectivity index (χ2v) is 6.74. The van der Waals surface area contributed by atoms with Crippen molar-refractivity contribution >= 4 is 5.97 Å². The van der Waals surface area contributed by atoms with E-state index >= 15 is 0 Å². The smallest absolute Gasteiger partial charge is 0.306 e. The number of ether oxygens (including phenoxy) is 1. The molecule has 0 saturated carbocycles. The lowest BCUT2D eigenvalue weighted by Crippen LogP contribution is -2.27. The highest BCUT2D eigenvalue weighted by Gasteiger charge is 2.25. The lowest BCUT2D eigenvalue weighted by atomic mass is 9.83. The fourth-order valence-corrected chi connectivity index (χ4v) is 1.89. The highest BCUT2D eigenvalue weighted by molar-refractivity contribution is 5.70. The van der Waals surface area contributed by atoms with Gasteiger partial charge in [0.25, 0.3) is 0 Å². The van der Waals surface area contributed by atoms with Crippen molar-refractivity contribution in [2.45, 2.75) is 85.7 Å². The SMILES string of the molecule is CCCCCCC(C)(C)CC(=O)OC(C)(C)C. The van der Waals surface area contributed by atoms with Gasteiger partial charge in [-0.15, -0.1) is 0 Å². The van der Waals surface area contributed by atoms with Crippen molar-refractivity contribution < 1.29 is 9.53 Å². The van der Waals surface area contributed by atoms with Crippen LogP contribution in [0.25, 0.3) is 0 Å².